The molecule has 0 aliphatic carbocycles. The molecular formula is C24H36N6OSSi. The first kappa shape index (κ1) is 23.0. The fraction of sp³-hybridized carbons (Fsp3) is 0.625. The summed E-state index contributed by atoms with van der Waals surface area (Å²) < 4.78 is 12.8. The second-order valence-electron chi connectivity index (χ2n) is 10.8. The summed E-state index contributed by atoms with van der Waals surface area (Å²) in [5, 5.41) is 5.02. The van der Waals surface area contributed by atoms with Gasteiger partial charge in [0.15, 0.2) is 5.82 Å². The van der Waals surface area contributed by atoms with Gasteiger partial charge in [-0.05, 0) is 55.9 Å². The molecule has 0 saturated carbocycles. The standard InChI is InChI=1S/C24H36N6OSSi/c1-33(2,3)14-13-31-18-30-15-19(22-26-17-32-28-22)21-20(7-11-25-23(21)30)29-12-6-9-24(16-29)8-4-5-10-27-24/h7,11,15,17,27H,4-6,8-10,12-14,16,18H2,1-3H3/t24-/m1/s1. The van der Waals surface area contributed by atoms with Crippen molar-refractivity contribution in [2.24, 2.45) is 0 Å². The maximum atomic E-state index is 6.11. The van der Waals surface area contributed by atoms with Gasteiger partial charge in [-0.2, -0.15) is 4.37 Å². The number of rotatable bonds is 7. The zero-order valence-electron chi connectivity index (χ0n) is 20.1. The molecule has 1 N–H and O–H groups in total. The summed E-state index contributed by atoms with van der Waals surface area (Å²) in [6.07, 6.45) is 10.4. The molecule has 33 heavy (non-hydrogen) atoms. The normalized spacial score (nSPS) is 21.8. The van der Waals surface area contributed by atoms with Gasteiger partial charge < -0.3 is 19.5 Å². The third kappa shape index (κ3) is 5.01. The van der Waals surface area contributed by atoms with Crippen LogP contribution in [0.4, 0.5) is 5.69 Å². The molecule has 2 aliphatic rings. The summed E-state index contributed by atoms with van der Waals surface area (Å²) in [6.45, 7) is 11.7. The predicted octanol–water partition coefficient (Wildman–Crippen LogP) is 4.98. The third-order valence-corrected chi connectivity index (χ3v) is 9.25. The number of piperidine rings is 2. The number of anilines is 1. The smallest absolute Gasteiger partial charge is 0.175 e. The van der Waals surface area contributed by atoms with E-state index in [1.54, 1.807) is 5.51 Å². The van der Waals surface area contributed by atoms with Crippen LogP contribution in [0.5, 0.6) is 0 Å². The molecule has 0 radical (unpaired) electrons. The van der Waals surface area contributed by atoms with Gasteiger partial charge in [-0.3, -0.25) is 0 Å². The van der Waals surface area contributed by atoms with Crippen LogP contribution in [0.2, 0.25) is 25.7 Å². The lowest BCUT2D eigenvalue weighted by atomic mass is 9.81. The molecule has 0 bridgehead atoms. The molecular weight excluding hydrogens is 448 g/mol. The second kappa shape index (κ2) is 9.44. The Morgan fingerprint density at radius 2 is 2.06 bits per heavy atom. The minimum Gasteiger partial charge on any atom is -0.369 e. The number of hydrogen-bond acceptors (Lipinski definition) is 7. The Hall–Kier alpha value is -1.81. The summed E-state index contributed by atoms with van der Waals surface area (Å²) in [6, 6.07) is 3.34. The largest absolute Gasteiger partial charge is 0.369 e. The van der Waals surface area contributed by atoms with Crippen molar-refractivity contribution in [2.75, 3.05) is 31.1 Å². The van der Waals surface area contributed by atoms with Gasteiger partial charge in [-0.15, -0.1) is 0 Å². The summed E-state index contributed by atoms with van der Waals surface area (Å²) >= 11 is 1.39. The zero-order valence-corrected chi connectivity index (χ0v) is 22.0. The summed E-state index contributed by atoms with van der Waals surface area (Å²) in [7, 11) is -1.12. The molecule has 7 nitrogen and oxygen atoms in total. The quantitative estimate of drug-likeness (QED) is 0.377. The van der Waals surface area contributed by atoms with Gasteiger partial charge >= 0.3 is 0 Å². The first-order valence-electron chi connectivity index (χ1n) is 12.3. The van der Waals surface area contributed by atoms with Crippen molar-refractivity contribution in [1.29, 1.82) is 0 Å². The molecule has 3 aromatic rings. The molecule has 3 aromatic heterocycles. The summed E-state index contributed by atoms with van der Waals surface area (Å²) in [4.78, 5) is 11.9. The maximum Gasteiger partial charge on any atom is 0.175 e. The number of ether oxygens (including phenoxy) is 1. The molecule has 0 aromatic carbocycles. The van der Waals surface area contributed by atoms with Crippen LogP contribution in [0, 0.1) is 0 Å². The molecule has 2 fully saturated rings. The Morgan fingerprint density at radius 3 is 2.82 bits per heavy atom. The van der Waals surface area contributed by atoms with E-state index in [1.807, 2.05) is 6.20 Å². The molecule has 0 unspecified atom stereocenters. The van der Waals surface area contributed by atoms with Crippen molar-refractivity contribution in [3.8, 4) is 11.4 Å². The van der Waals surface area contributed by atoms with Crippen LogP contribution in [0.1, 0.15) is 32.1 Å². The van der Waals surface area contributed by atoms with Gasteiger partial charge in [0.1, 0.15) is 17.9 Å². The Bertz CT molecular complexity index is 1070. The van der Waals surface area contributed by atoms with Crippen LogP contribution in [-0.2, 0) is 11.5 Å². The van der Waals surface area contributed by atoms with Gasteiger partial charge in [0.2, 0.25) is 0 Å². The number of pyridine rings is 1. The van der Waals surface area contributed by atoms with Crippen LogP contribution in [0.15, 0.2) is 24.0 Å². The highest BCUT2D eigenvalue weighted by atomic mass is 32.1. The lowest BCUT2D eigenvalue weighted by Crippen LogP contribution is -2.59. The highest BCUT2D eigenvalue weighted by Gasteiger charge is 2.37. The van der Waals surface area contributed by atoms with E-state index in [-0.39, 0.29) is 5.54 Å². The first-order chi connectivity index (χ1) is 15.9. The molecule has 178 valence electrons. The maximum absolute atomic E-state index is 6.11. The zero-order chi connectivity index (χ0) is 22.9. The van der Waals surface area contributed by atoms with Crippen molar-refractivity contribution in [2.45, 2.75) is 70.1 Å². The van der Waals surface area contributed by atoms with Crippen molar-refractivity contribution < 1.29 is 4.74 Å². The highest BCUT2D eigenvalue weighted by molar-refractivity contribution is 7.03. The monoisotopic (exact) mass is 484 g/mol. The van der Waals surface area contributed by atoms with E-state index in [2.05, 4.69) is 56.0 Å². The SMILES string of the molecule is C[Si](C)(C)CCOCn1cc(-c2ncsn2)c2c(N3CCC[C@]4(CCCCN4)C3)ccnc21. The number of nitrogens with zero attached hydrogens (tertiary/aromatic N) is 5. The van der Waals surface area contributed by atoms with E-state index in [0.717, 1.165) is 54.7 Å². The van der Waals surface area contributed by atoms with Gasteiger partial charge in [0, 0.05) is 51.3 Å². The average Bonchev–Trinajstić information content (AvgIpc) is 3.45. The number of fused-ring (bicyclic) bond motifs is 1. The van der Waals surface area contributed by atoms with Gasteiger partial charge in [-0.25, -0.2) is 9.97 Å². The van der Waals surface area contributed by atoms with Crippen molar-refractivity contribution in [3.63, 3.8) is 0 Å². The number of hydrogen-bond donors (Lipinski definition) is 1. The molecule has 2 aliphatic heterocycles. The molecule has 5 rings (SSSR count). The third-order valence-electron chi connectivity index (χ3n) is 7.06. The van der Waals surface area contributed by atoms with Crippen molar-refractivity contribution >= 4 is 36.3 Å². The van der Waals surface area contributed by atoms with Crippen molar-refractivity contribution in [3.05, 3.63) is 24.0 Å². The lowest BCUT2D eigenvalue weighted by Gasteiger charge is -2.47. The molecule has 0 amide bonds. The van der Waals surface area contributed by atoms with Gasteiger partial charge in [0.05, 0.1) is 11.1 Å². The topological polar surface area (TPSA) is 68.1 Å². The molecule has 1 atom stereocenters. The van der Waals surface area contributed by atoms with E-state index in [1.165, 1.54) is 49.3 Å². The van der Waals surface area contributed by atoms with E-state index in [4.69, 9.17) is 9.72 Å². The molecule has 2 saturated heterocycles. The fourth-order valence-corrected chi connectivity index (χ4v) is 6.47. The number of aromatic nitrogens is 4. The number of nitrogens with one attached hydrogen (secondary N) is 1. The van der Waals surface area contributed by atoms with Crippen LogP contribution in [-0.4, -0.2) is 58.8 Å². The lowest BCUT2D eigenvalue weighted by molar-refractivity contribution is 0.0899. The molecule has 9 heteroatoms. The predicted molar refractivity (Wildman–Crippen MR) is 139 cm³/mol. The summed E-state index contributed by atoms with van der Waals surface area (Å²) in [5.74, 6) is 0.780. The summed E-state index contributed by atoms with van der Waals surface area (Å²) in [5.41, 5.74) is 5.31. The van der Waals surface area contributed by atoms with E-state index in [0.29, 0.717) is 6.73 Å². The van der Waals surface area contributed by atoms with E-state index in [9.17, 15) is 0 Å². The Labute approximate surface area is 201 Å². The minimum absolute atomic E-state index is 0.244. The average molecular weight is 485 g/mol. The van der Waals surface area contributed by atoms with Crippen LogP contribution < -0.4 is 10.2 Å². The highest BCUT2D eigenvalue weighted by Crippen LogP contribution is 2.39. The second-order valence-corrected chi connectivity index (χ2v) is 17.1. The molecule has 1 spiro atoms. The minimum atomic E-state index is -1.12. The fourth-order valence-electron chi connectivity index (χ4n) is 5.28. The Morgan fingerprint density at radius 1 is 1.18 bits per heavy atom. The van der Waals surface area contributed by atoms with Crippen LogP contribution >= 0.6 is 11.5 Å². The first-order valence-corrected chi connectivity index (χ1v) is 16.8. The van der Waals surface area contributed by atoms with Gasteiger partial charge in [-0.1, -0.05) is 26.1 Å². The van der Waals surface area contributed by atoms with Crippen LogP contribution in [0.3, 0.4) is 0 Å². The van der Waals surface area contributed by atoms with Crippen molar-refractivity contribution in [1.82, 2.24) is 24.2 Å². The van der Waals surface area contributed by atoms with Crippen LogP contribution in [0.25, 0.3) is 22.4 Å². The Balaban J connectivity index is 1.48. The molecule has 5 heterocycles. The van der Waals surface area contributed by atoms with E-state index >= 15 is 0 Å². The van der Waals surface area contributed by atoms with Gasteiger partial charge in [0.25, 0.3) is 0 Å². The Kier molecular flexibility index (Phi) is 6.57. The van der Waals surface area contributed by atoms with E-state index < -0.39 is 8.07 Å².